The van der Waals surface area contributed by atoms with E-state index in [9.17, 15) is 4.79 Å². The van der Waals surface area contributed by atoms with E-state index in [-0.39, 0.29) is 5.56 Å². The van der Waals surface area contributed by atoms with Gasteiger partial charge < -0.3 is 0 Å². The van der Waals surface area contributed by atoms with E-state index in [1.165, 1.54) is 11.3 Å². The molecule has 1 aromatic carbocycles. The fraction of sp³-hybridized carbons (Fsp3) is 0.267. The molecule has 1 aliphatic heterocycles. The second-order valence-electron chi connectivity index (χ2n) is 5.12. The lowest BCUT2D eigenvalue weighted by atomic mass is 10.1. The second-order valence-corrected chi connectivity index (χ2v) is 7.01. The number of thiazole rings is 1. The van der Waals surface area contributed by atoms with Gasteiger partial charge in [0.1, 0.15) is 10.8 Å². The van der Waals surface area contributed by atoms with Crippen molar-refractivity contribution < 1.29 is 0 Å². The van der Waals surface area contributed by atoms with Gasteiger partial charge in [0.2, 0.25) is 0 Å². The van der Waals surface area contributed by atoms with Gasteiger partial charge in [-0.15, -0.1) is 0 Å². The van der Waals surface area contributed by atoms with Gasteiger partial charge in [-0.2, -0.15) is 0 Å². The molecular weight excluding hydrogens is 350 g/mol. The SMILES string of the molecule is O=c1c2nc(-c3ccc(Br)cc3)sc2nc2n1CCCC2. The average molecular weight is 362 g/mol. The number of aryl methyl sites for hydroxylation is 1. The van der Waals surface area contributed by atoms with Crippen LogP contribution in [0, 0.1) is 0 Å². The Hall–Kier alpha value is -1.53. The lowest BCUT2D eigenvalue weighted by molar-refractivity contribution is 0.501. The Morgan fingerprint density at radius 1 is 1.14 bits per heavy atom. The number of hydrogen-bond donors (Lipinski definition) is 0. The first-order valence-corrected chi connectivity index (χ1v) is 8.49. The highest BCUT2D eigenvalue weighted by Crippen LogP contribution is 2.29. The summed E-state index contributed by atoms with van der Waals surface area (Å²) < 4.78 is 2.82. The van der Waals surface area contributed by atoms with Gasteiger partial charge in [-0.25, -0.2) is 9.97 Å². The summed E-state index contributed by atoms with van der Waals surface area (Å²) in [6.07, 6.45) is 3.04. The van der Waals surface area contributed by atoms with Gasteiger partial charge in [0, 0.05) is 23.0 Å². The summed E-state index contributed by atoms with van der Waals surface area (Å²) >= 11 is 4.92. The minimum absolute atomic E-state index is 0.00862. The number of fused-ring (bicyclic) bond motifs is 2. The molecule has 2 aromatic heterocycles. The van der Waals surface area contributed by atoms with Gasteiger partial charge in [0.15, 0.2) is 10.3 Å². The third kappa shape index (κ3) is 2.22. The van der Waals surface area contributed by atoms with Crippen molar-refractivity contribution in [2.24, 2.45) is 0 Å². The summed E-state index contributed by atoms with van der Waals surface area (Å²) in [7, 11) is 0. The molecule has 0 N–H and O–H groups in total. The van der Waals surface area contributed by atoms with Crippen LogP contribution < -0.4 is 5.56 Å². The normalized spacial score (nSPS) is 14.3. The maximum Gasteiger partial charge on any atom is 0.280 e. The van der Waals surface area contributed by atoms with E-state index in [4.69, 9.17) is 0 Å². The predicted molar refractivity (Wildman–Crippen MR) is 87.7 cm³/mol. The van der Waals surface area contributed by atoms with Gasteiger partial charge in [0.25, 0.3) is 5.56 Å². The highest BCUT2D eigenvalue weighted by molar-refractivity contribution is 9.10. The van der Waals surface area contributed by atoms with E-state index in [1.807, 2.05) is 24.3 Å². The lowest BCUT2D eigenvalue weighted by Crippen LogP contribution is -2.28. The van der Waals surface area contributed by atoms with E-state index in [0.29, 0.717) is 5.52 Å². The molecule has 0 bridgehead atoms. The molecule has 0 aliphatic carbocycles. The minimum Gasteiger partial charge on any atom is -0.295 e. The first-order valence-electron chi connectivity index (χ1n) is 6.88. The molecule has 3 aromatic rings. The van der Waals surface area contributed by atoms with E-state index in [2.05, 4.69) is 25.9 Å². The topological polar surface area (TPSA) is 47.8 Å². The lowest BCUT2D eigenvalue weighted by Gasteiger charge is -2.16. The van der Waals surface area contributed by atoms with E-state index in [0.717, 1.165) is 51.5 Å². The van der Waals surface area contributed by atoms with Crippen LogP contribution in [0.25, 0.3) is 20.9 Å². The quantitative estimate of drug-likeness (QED) is 0.664. The number of hydrogen-bond acceptors (Lipinski definition) is 4. The first-order chi connectivity index (χ1) is 10.2. The second kappa shape index (κ2) is 5.03. The number of nitrogens with zero attached hydrogens (tertiary/aromatic N) is 3. The molecule has 4 nitrogen and oxygen atoms in total. The standard InChI is InChI=1S/C15H12BrN3OS/c16-10-6-4-9(5-7-10)13-18-12-14(21-13)17-11-3-1-2-8-19(11)15(12)20/h4-7H,1-3,8H2. The summed E-state index contributed by atoms with van der Waals surface area (Å²) in [5.41, 5.74) is 1.53. The van der Waals surface area contributed by atoms with Gasteiger partial charge in [-0.05, 0) is 25.0 Å². The molecule has 1 aliphatic rings. The molecule has 0 saturated carbocycles. The molecule has 0 unspecified atom stereocenters. The molecular formula is C15H12BrN3OS. The van der Waals surface area contributed by atoms with Crippen LogP contribution in [-0.2, 0) is 13.0 Å². The van der Waals surface area contributed by atoms with Crippen molar-refractivity contribution in [3.05, 3.63) is 44.9 Å². The van der Waals surface area contributed by atoms with Gasteiger partial charge in [-0.1, -0.05) is 39.4 Å². The van der Waals surface area contributed by atoms with Crippen molar-refractivity contribution in [1.29, 1.82) is 0 Å². The maximum atomic E-state index is 12.5. The van der Waals surface area contributed by atoms with Crippen LogP contribution in [0.5, 0.6) is 0 Å². The Labute approximate surface area is 133 Å². The van der Waals surface area contributed by atoms with Gasteiger partial charge in [0.05, 0.1) is 0 Å². The highest BCUT2D eigenvalue weighted by Gasteiger charge is 2.18. The van der Waals surface area contributed by atoms with Gasteiger partial charge >= 0.3 is 0 Å². The van der Waals surface area contributed by atoms with Crippen molar-refractivity contribution >= 4 is 37.6 Å². The molecule has 6 heteroatoms. The molecule has 106 valence electrons. The number of benzene rings is 1. The van der Waals surface area contributed by atoms with Crippen LogP contribution in [0.1, 0.15) is 18.7 Å². The summed E-state index contributed by atoms with van der Waals surface area (Å²) in [5.74, 6) is 0.907. The fourth-order valence-corrected chi connectivity index (χ4v) is 3.86. The van der Waals surface area contributed by atoms with Crippen LogP contribution in [0.3, 0.4) is 0 Å². The Balaban J connectivity index is 1.92. The molecule has 4 rings (SSSR count). The average Bonchev–Trinajstić information content (AvgIpc) is 2.92. The molecule has 0 amide bonds. The van der Waals surface area contributed by atoms with Crippen molar-refractivity contribution in [1.82, 2.24) is 14.5 Å². The largest absolute Gasteiger partial charge is 0.295 e. The van der Waals surface area contributed by atoms with Crippen LogP contribution in [0.4, 0.5) is 0 Å². The Bertz CT molecular complexity index is 882. The number of aromatic nitrogens is 3. The molecule has 0 spiro atoms. The van der Waals surface area contributed by atoms with Crippen LogP contribution in [0.15, 0.2) is 33.5 Å². The Morgan fingerprint density at radius 3 is 2.76 bits per heavy atom. The maximum absolute atomic E-state index is 12.5. The van der Waals surface area contributed by atoms with E-state index in [1.54, 1.807) is 4.57 Å². The Kier molecular flexibility index (Phi) is 3.15. The number of rotatable bonds is 1. The molecule has 21 heavy (non-hydrogen) atoms. The zero-order chi connectivity index (χ0) is 14.4. The third-order valence-electron chi connectivity index (χ3n) is 3.72. The zero-order valence-corrected chi connectivity index (χ0v) is 13.6. The van der Waals surface area contributed by atoms with Crippen molar-refractivity contribution in [2.75, 3.05) is 0 Å². The van der Waals surface area contributed by atoms with Crippen LogP contribution in [-0.4, -0.2) is 14.5 Å². The molecule has 0 saturated heterocycles. The zero-order valence-electron chi connectivity index (χ0n) is 11.2. The minimum atomic E-state index is 0.00862. The molecule has 3 heterocycles. The first kappa shape index (κ1) is 13.2. The fourth-order valence-electron chi connectivity index (χ4n) is 2.64. The summed E-state index contributed by atoms with van der Waals surface area (Å²) in [5, 5.41) is 0.852. The summed E-state index contributed by atoms with van der Waals surface area (Å²) in [6, 6.07) is 7.96. The highest BCUT2D eigenvalue weighted by atomic mass is 79.9. The molecule has 0 fully saturated rings. The van der Waals surface area contributed by atoms with Crippen molar-refractivity contribution in [3.8, 4) is 10.6 Å². The van der Waals surface area contributed by atoms with Crippen molar-refractivity contribution in [3.63, 3.8) is 0 Å². The van der Waals surface area contributed by atoms with Crippen LogP contribution >= 0.6 is 27.3 Å². The van der Waals surface area contributed by atoms with Crippen LogP contribution in [0.2, 0.25) is 0 Å². The Morgan fingerprint density at radius 2 is 1.95 bits per heavy atom. The summed E-state index contributed by atoms with van der Waals surface area (Å²) in [6.45, 7) is 0.766. The summed E-state index contributed by atoms with van der Waals surface area (Å²) in [4.78, 5) is 22.5. The number of halogens is 1. The third-order valence-corrected chi connectivity index (χ3v) is 5.25. The van der Waals surface area contributed by atoms with E-state index < -0.39 is 0 Å². The van der Waals surface area contributed by atoms with Gasteiger partial charge in [-0.3, -0.25) is 9.36 Å². The molecule has 0 radical (unpaired) electrons. The monoisotopic (exact) mass is 361 g/mol. The van der Waals surface area contributed by atoms with Crippen molar-refractivity contribution in [2.45, 2.75) is 25.8 Å². The molecule has 0 atom stereocenters. The smallest absolute Gasteiger partial charge is 0.280 e. The predicted octanol–water partition coefficient (Wildman–Crippen LogP) is 3.62. The van der Waals surface area contributed by atoms with E-state index >= 15 is 0 Å².